The van der Waals surface area contributed by atoms with Crippen LogP contribution in [0.1, 0.15) is 5.56 Å². The molecule has 0 saturated heterocycles. The minimum absolute atomic E-state index is 0.149. The number of rotatable bonds is 3. The van der Waals surface area contributed by atoms with Gasteiger partial charge in [0.2, 0.25) is 0 Å². The third-order valence-electron chi connectivity index (χ3n) is 2.53. The summed E-state index contributed by atoms with van der Waals surface area (Å²) in [6.45, 7) is 1.97. The Morgan fingerprint density at radius 1 is 1.16 bits per heavy atom. The highest BCUT2D eigenvalue weighted by atomic mass is 127. The normalized spacial score (nSPS) is 11.3. The van der Waals surface area contributed by atoms with Gasteiger partial charge in [-0.2, -0.15) is 0 Å². The second kappa shape index (κ2) is 5.68. The summed E-state index contributed by atoms with van der Waals surface area (Å²) >= 11 is 7.97. The molecule has 6 heteroatoms. The SMILES string of the molecule is Cc1ccc(NS(=O)(=O)c2cccc(Cl)c2)cc1I. The van der Waals surface area contributed by atoms with Crippen LogP contribution in [0.2, 0.25) is 5.02 Å². The third-order valence-corrected chi connectivity index (χ3v) is 5.31. The van der Waals surface area contributed by atoms with Crippen molar-refractivity contribution in [1.29, 1.82) is 0 Å². The molecule has 3 nitrogen and oxygen atoms in total. The lowest BCUT2D eigenvalue weighted by Crippen LogP contribution is -2.13. The maximum Gasteiger partial charge on any atom is 0.261 e. The fourth-order valence-corrected chi connectivity index (χ4v) is 3.37. The second-order valence-corrected chi connectivity index (χ2v) is 7.31. The summed E-state index contributed by atoms with van der Waals surface area (Å²) in [4.78, 5) is 0.149. The van der Waals surface area contributed by atoms with Gasteiger partial charge in [0.05, 0.1) is 4.90 Å². The van der Waals surface area contributed by atoms with Crippen LogP contribution in [-0.2, 0) is 10.0 Å². The monoisotopic (exact) mass is 407 g/mol. The summed E-state index contributed by atoms with van der Waals surface area (Å²) in [5, 5.41) is 0.390. The number of nitrogens with one attached hydrogen (secondary N) is 1. The molecule has 0 spiro atoms. The number of sulfonamides is 1. The first-order valence-electron chi connectivity index (χ1n) is 5.43. The van der Waals surface area contributed by atoms with Crippen molar-refractivity contribution in [2.45, 2.75) is 11.8 Å². The maximum absolute atomic E-state index is 12.2. The van der Waals surface area contributed by atoms with Crippen molar-refractivity contribution in [3.8, 4) is 0 Å². The van der Waals surface area contributed by atoms with Crippen LogP contribution in [0.5, 0.6) is 0 Å². The maximum atomic E-state index is 12.2. The predicted molar refractivity (Wildman–Crippen MR) is 86.2 cm³/mol. The standard InChI is InChI=1S/C13H11ClINO2S/c1-9-5-6-11(8-13(9)15)16-19(17,18)12-4-2-3-10(14)7-12/h2-8,16H,1H3. The molecule has 100 valence electrons. The van der Waals surface area contributed by atoms with Gasteiger partial charge in [0.25, 0.3) is 10.0 Å². The molecule has 0 aromatic heterocycles. The van der Waals surface area contributed by atoms with Crippen LogP contribution in [0.4, 0.5) is 5.69 Å². The molecule has 0 amide bonds. The molecular formula is C13H11ClINO2S. The van der Waals surface area contributed by atoms with E-state index in [-0.39, 0.29) is 4.90 Å². The molecular weight excluding hydrogens is 397 g/mol. The molecule has 2 aromatic carbocycles. The number of halogens is 2. The van der Waals surface area contributed by atoms with Crippen LogP contribution in [0, 0.1) is 10.5 Å². The molecule has 0 aliphatic rings. The average molecular weight is 408 g/mol. The van der Waals surface area contributed by atoms with Crippen LogP contribution < -0.4 is 4.72 Å². The highest BCUT2D eigenvalue weighted by Gasteiger charge is 2.14. The Bertz CT molecular complexity index is 716. The first-order valence-corrected chi connectivity index (χ1v) is 8.37. The second-order valence-electron chi connectivity index (χ2n) is 4.03. The molecule has 19 heavy (non-hydrogen) atoms. The molecule has 0 bridgehead atoms. The van der Waals surface area contributed by atoms with Gasteiger partial charge in [0.1, 0.15) is 0 Å². The summed E-state index contributed by atoms with van der Waals surface area (Å²) in [7, 11) is -3.60. The number of benzene rings is 2. The summed E-state index contributed by atoms with van der Waals surface area (Å²) in [5.41, 5.74) is 1.64. The fourth-order valence-electron chi connectivity index (χ4n) is 1.50. The van der Waals surface area contributed by atoms with Gasteiger partial charge in [-0.3, -0.25) is 4.72 Å². The van der Waals surface area contributed by atoms with Gasteiger partial charge in [0, 0.05) is 14.3 Å². The van der Waals surface area contributed by atoms with Crippen LogP contribution in [0.15, 0.2) is 47.4 Å². The zero-order valence-corrected chi connectivity index (χ0v) is 13.8. The van der Waals surface area contributed by atoms with E-state index in [9.17, 15) is 8.42 Å². The van der Waals surface area contributed by atoms with Gasteiger partial charge in [-0.1, -0.05) is 23.7 Å². The van der Waals surface area contributed by atoms with Gasteiger partial charge in [-0.25, -0.2) is 8.42 Å². The van der Waals surface area contributed by atoms with Crippen molar-refractivity contribution in [2.75, 3.05) is 4.72 Å². The highest BCUT2D eigenvalue weighted by molar-refractivity contribution is 14.1. The van der Waals surface area contributed by atoms with Crippen LogP contribution in [0.3, 0.4) is 0 Å². The van der Waals surface area contributed by atoms with E-state index in [2.05, 4.69) is 27.3 Å². The topological polar surface area (TPSA) is 46.2 Å². The Labute approximate surface area is 131 Å². The zero-order valence-electron chi connectivity index (χ0n) is 10.0. The number of anilines is 1. The minimum atomic E-state index is -3.60. The Kier molecular flexibility index (Phi) is 4.37. The van der Waals surface area contributed by atoms with Crippen molar-refractivity contribution < 1.29 is 8.42 Å². The first kappa shape index (κ1) is 14.6. The van der Waals surface area contributed by atoms with Gasteiger partial charge in [0.15, 0.2) is 0 Å². The van der Waals surface area contributed by atoms with Crippen molar-refractivity contribution in [3.63, 3.8) is 0 Å². The number of aryl methyl sites for hydroxylation is 1. The van der Waals surface area contributed by atoms with Crippen LogP contribution >= 0.6 is 34.2 Å². The Morgan fingerprint density at radius 2 is 1.89 bits per heavy atom. The lowest BCUT2D eigenvalue weighted by Gasteiger charge is -2.09. The summed E-state index contributed by atoms with van der Waals surface area (Å²) in [6, 6.07) is 11.6. The van der Waals surface area contributed by atoms with E-state index in [4.69, 9.17) is 11.6 Å². The lowest BCUT2D eigenvalue weighted by atomic mass is 10.2. The molecule has 0 aliphatic heterocycles. The van der Waals surface area contributed by atoms with Crippen molar-refractivity contribution in [2.24, 2.45) is 0 Å². The summed E-state index contributed by atoms with van der Waals surface area (Å²) in [6.07, 6.45) is 0. The van der Waals surface area contributed by atoms with Gasteiger partial charge < -0.3 is 0 Å². The van der Waals surface area contributed by atoms with E-state index in [0.717, 1.165) is 9.13 Å². The van der Waals surface area contributed by atoms with Crippen molar-refractivity contribution >= 4 is 49.9 Å². The van der Waals surface area contributed by atoms with E-state index in [1.165, 1.54) is 12.1 Å². The van der Waals surface area contributed by atoms with E-state index in [0.29, 0.717) is 10.7 Å². The third kappa shape index (κ3) is 3.61. The highest BCUT2D eigenvalue weighted by Crippen LogP contribution is 2.22. The Morgan fingerprint density at radius 3 is 2.53 bits per heavy atom. The van der Waals surface area contributed by atoms with E-state index < -0.39 is 10.0 Å². The molecule has 2 aromatic rings. The van der Waals surface area contributed by atoms with Gasteiger partial charge in [-0.15, -0.1) is 0 Å². The van der Waals surface area contributed by atoms with Gasteiger partial charge >= 0.3 is 0 Å². The molecule has 2 rings (SSSR count). The van der Waals surface area contributed by atoms with E-state index in [1.807, 2.05) is 13.0 Å². The molecule has 0 atom stereocenters. The van der Waals surface area contributed by atoms with E-state index >= 15 is 0 Å². The van der Waals surface area contributed by atoms with Crippen LogP contribution in [0.25, 0.3) is 0 Å². The number of hydrogen-bond donors (Lipinski definition) is 1. The summed E-state index contributed by atoms with van der Waals surface area (Å²) in [5.74, 6) is 0. The Balaban J connectivity index is 2.33. The smallest absolute Gasteiger partial charge is 0.261 e. The molecule has 0 fully saturated rings. The summed E-state index contributed by atoms with van der Waals surface area (Å²) < 4.78 is 27.9. The predicted octanol–water partition coefficient (Wildman–Crippen LogP) is 4.05. The molecule has 0 heterocycles. The molecule has 1 N–H and O–H groups in total. The molecule has 0 unspecified atom stereocenters. The Hall–Kier alpha value is -0.790. The fraction of sp³-hybridized carbons (Fsp3) is 0.0769. The number of hydrogen-bond acceptors (Lipinski definition) is 2. The van der Waals surface area contributed by atoms with Gasteiger partial charge in [-0.05, 0) is 65.4 Å². The van der Waals surface area contributed by atoms with Crippen molar-refractivity contribution in [3.05, 3.63) is 56.6 Å². The minimum Gasteiger partial charge on any atom is -0.280 e. The quantitative estimate of drug-likeness (QED) is 0.780. The first-order chi connectivity index (χ1) is 8.88. The largest absolute Gasteiger partial charge is 0.280 e. The van der Waals surface area contributed by atoms with Crippen molar-refractivity contribution in [1.82, 2.24) is 0 Å². The van der Waals surface area contributed by atoms with E-state index in [1.54, 1.807) is 24.3 Å². The lowest BCUT2D eigenvalue weighted by molar-refractivity contribution is 0.601. The molecule has 0 saturated carbocycles. The molecule has 0 radical (unpaired) electrons. The van der Waals surface area contributed by atoms with Crippen LogP contribution in [-0.4, -0.2) is 8.42 Å². The zero-order chi connectivity index (χ0) is 14.0. The average Bonchev–Trinajstić information content (AvgIpc) is 2.33. The molecule has 0 aliphatic carbocycles.